The van der Waals surface area contributed by atoms with Crippen LogP contribution in [0.3, 0.4) is 0 Å². The van der Waals surface area contributed by atoms with Crippen molar-refractivity contribution in [2.24, 2.45) is 5.92 Å². The quantitative estimate of drug-likeness (QED) is 0.503. The van der Waals surface area contributed by atoms with E-state index < -0.39 is 0 Å². The summed E-state index contributed by atoms with van der Waals surface area (Å²) in [5.74, 6) is -0.252. The van der Waals surface area contributed by atoms with Crippen LogP contribution in [0, 0.1) is 17.2 Å². The van der Waals surface area contributed by atoms with Gasteiger partial charge in [-0.2, -0.15) is 5.26 Å². The van der Waals surface area contributed by atoms with Gasteiger partial charge in [-0.25, -0.2) is 0 Å². The van der Waals surface area contributed by atoms with Crippen molar-refractivity contribution in [1.29, 1.82) is 5.26 Å². The minimum atomic E-state index is -0.373. The van der Waals surface area contributed by atoms with Gasteiger partial charge in [-0.15, -0.1) is 0 Å². The van der Waals surface area contributed by atoms with E-state index in [0.29, 0.717) is 6.54 Å². The number of nitrogens with one attached hydrogen (secondary N) is 1. The first-order valence-corrected chi connectivity index (χ1v) is 3.47. The van der Waals surface area contributed by atoms with Gasteiger partial charge < -0.3 is 5.32 Å². The molecule has 1 N–H and O–H groups in total. The average Bonchev–Trinajstić information content (AvgIpc) is 2.63. The molecule has 1 saturated carbocycles. The van der Waals surface area contributed by atoms with Crippen molar-refractivity contribution in [1.82, 2.24) is 5.32 Å². The summed E-state index contributed by atoms with van der Waals surface area (Å²) >= 11 is 0. The van der Waals surface area contributed by atoms with E-state index in [2.05, 4.69) is 5.32 Å². The van der Waals surface area contributed by atoms with Crippen LogP contribution in [0.5, 0.6) is 0 Å². The van der Waals surface area contributed by atoms with Gasteiger partial charge in [0.2, 0.25) is 0 Å². The summed E-state index contributed by atoms with van der Waals surface area (Å²) in [5, 5.41) is 11.6. The second-order valence-electron chi connectivity index (χ2n) is 3.01. The van der Waals surface area contributed by atoms with Crippen LogP contribution in [0.25, 0.3) is 0 Å². The highest BCUT2D eigenvalue weighted by molar-refractivity contribution is 5.97. The summed E-state index contributed by atoms with van der Waals surface area (Å²) in [7, 11) is 0. The molecular weight excluding hydrogens is 128 g/mol. The molecule has 1 heterocycles. The van der Waals surface area contributed by atoms with Crippen molar-refractivity contribution in [3.05, 3.63) is 0 Å². The molecule has 0 amide bonds. The maximum Gasteiger partial charge on any atom is 0.171 e. The number of rotatable bonds is 0. The molecule has 0 bridgehead atoms. The first kappa shape index (κ1) is 5.87. The van der Waals surface area contributed by atoms with Crippen LogP contribution in [0.2, 0.25) is 0 Å². The summed E-state index contributed by atoms with van der Waals surface area (Å²) in [6.45, 7) is 0.565. The lowest BCUT2D eigenvalue weighted by Crippen LogP contribution is -2.29. The molecule has 1 unspecified atom stereocenters. The van der Waals surface area contributed by atoms with E-state index in [1.807, 2.05) is 6.07 Å². The Morgan fingerprint density at radius 3 is 2.70 bits per heavy atom. The third-order valence-corrected chi connectivity index (χ3v) is 2.34. The molecule has 1 aliphatic carbocycles. The Bertz CT molecular complexity index is 224. The fourth-order valence-corrected chi connectivity index (χ4v) is 1.46. The van der Waals surface area contributed by atoms with Gasteiger partial charge in [0.15, 0.2) is 5.78 Å². The lowest BCUT2D eigenvalue weighted by molar-refractivity contribution is -0.121. The zero-order chi connectivity index (χ0) is 7.19. The Morgan fingerprint density at radius 2 is 2.40 bits per heavy atom. The van der Waals surface area contributed by atoms with Gasteiger partial charge in [-0.3, -0.25) is 4.79 Å². The zero-order valence-electron chi connectivity index (χ0n) is 5.55. The van der Waals surface area contributed by atoms with Crippen LogP contribution < -0.4 is 5.32 Å². The molecule has 1 aliphatic heterocycles. The van der Waals surface area contributed by atoms with Crippen LogP contribution in [0.4, 0.5) is 0 Å². The minimum absolute atomic E-state index is 0.120. The number of hydrogen-bond acceptors (Lipinski definition) is 3. The SMILES string of the molecule is N#CC1CNC2(CC2)C1=O. The maximum absolute atomic E-state index is 11.2. The number of Topliss-reactive ketones (excluding diaryl/α,β-unsaturated/α-hetero) is 1. The van der Waals surface area contributed by atoms with Gasteiger partial charge in [0.05, 0.1) is 11.6 Å². The molecule has 10 heavy (non-hydrogen) atoms. The lowest BCUT2D eigenvalue weighted by atomic mass is 10.0. The Kier molecular flexibility index (Phi) is 0.930. The van der Waals surface area contributed by atoms with Gasteiger partial charge in [-0.05, 0) is 12.8 Å². The fraction of sp³-hybridized carbons (Fsp3) is 0.714. The predicted molar refractivity (Wildman–Crippen MR) is 34.1 cm³/mol. The molecule has 0 aromatic carbocycles. The van der Waals surface area contributed by atoms with E-state index in [4.69, 9.17) is 5.26 Å². The summed E-state index contributed by atoms with van der Waals surface area (Å²) in [6.07, 6.45) is 1.87. The number of nitrogens with zero attached hydrogens (tertiary/aromatic N) is 1. The topological polar surface area (TPSA) is 52.9 Å². The number of ketones is 1. The Hall–Kier alpha value is -0.880. The molecule has 52 valence electrons. The molecule has 0 radical (unpaired) electrons. The van der Waals surface area contributed by atoms with E-state index in [1.165, 1.54) is 0 Å². The highest BCUT2D eigenvalue weighted by atomic mass is 16.1. The largest absolute Gasteiger partial charge is 0.303 e. The molecule has 1 atom stereocenters. The Morgan fingerprint density at radius 1 is 1.70 bits per heavy atom. The van der Waals surface area contributed by atoms with Crippen LogP contribution in [0.1, 0.15) is 12.8 Å². The average molecular weight is 136 g/mol. The second kappa shape index (κ2) is 1.58. The smallest absolute Gasteiger partial charge is 0.171 e. The first-order chi connectivity index (χ1) is 4.78. The monoisotopic (exact) mass is 136 g/mol. The van der Waals surface area contributed by atoms with Crippen molar-refractivity contribution >= 4 is 5.78 Å². The minimum Gasteiger partial charge on any atom is -0.303 e. The van der Waals surface area contributed by atoms with E-state index in [9.17, 15) is 4.79 Å². The van der Waals surface area contributed by atoms with E-state index in [1.54, 1.807) is 0 Å². The van der Waals surface area contributed by atoms with Gasteiger partial charge in [-0.1, -0.05) is 0 Å². The van der Waals surface area contributed by atoms with Gasteiger partial charge in [0.1, 0.15) is 5.92 Å². The molecule has 3 nitrogen and oxygen atoms in total. The third-order valence-electron chi connectivity index (χ3n) is 2.34. The highest BCUT2D eigenvalue weighted by Crippen LogP contribution is 2.41. The molecule has 1 saturated heterocycles. The van der Waals surface area contributed by atoms with Crippen molar-refractivity contribution in [2.45, 2.75) is 18.4 Å². The van der Waals surface area contributed by atoms with Crippen molar-refractivity contribution in [2.75, 3.05) is 6.54 Å². The number of nitriles is 1. The van der Waals surface area contributed by atoms with E-state index >= 15 is 0 Å². The van der Waals surface area contributed by atoms with Gasteiger partial charge >= 0.3 is 0 Å². The summed E-state index contributed by atoms with van der Waals surface area (Å²) in [5.41, 5.74) is -0.236. The van der Waals surface area contributed by atoms with Crippen LogP contribution >= 0.6 is 0 Å². The molecule has 2 fully saturated rings. The van der Waals surface area contributed by atoms with Crippen molar-refractivity contribution < 1.29 is 4.79 Å². The van der Waals surface area contributed by atoms with Crippen LogP contribution in [0.15, 0.2) is 0 Å². The van der Waals surface area contributed by atoms with Crippen LogP contribution in [-0.2, 0) is 4.79 Å². The van der Waals surface area contributed by atoms with Crippen molar-refractivity contribution in [3.8, 4) is 6.07 Å². The summed E-state index contributed by atoms with van der Waals surface area (Å²) < 4.78 is 0. The Balaban J connectivity index is 2.22. The molecule has 1 spiro atoms. The molecule has 0 aromatic heterocycles. The summed E-state index contributed by atoms with van der Waals surface area (Å²) in [6, 6.07) is 2.00. The van der Waals surface area contributed by atoms with Gasteiger partial charge in [0.25, 0.3) is 0 Å². The molecule has 3 heteroatoms. The number of hydrogen-bond donors (Lipinski definition) is 1. The normalized spacial score (nSPS) is 34.3. The fourth-order valence-electron chi connectivity index (χ4n) is 1.46. The second-order valence-corrected chi connectivity index (χ2v) is 3.01. The zero-order valence-corrected chi connectivity index (χ0v) is 5.55. The maximum atomic E-state index is 11.2. The first-order valence-electron chi connectivity index (χ1n) is 3.47. The highest BCUT2D eigenvalue weighted by Gasteiger charge is 2.56. The predicted octanol–water partition coefficient (Wildman–Crippen LogP) is -0.169. The Labute approximate surface area is 59.0 Å². The van der Waals surface area contributed by atoms with Crippen LogP contribution in [-0.4, -0.2) is 17.9 Å². The molecular formula is C7H8N2O. The van der Waals surface area contributed by atoms with Crippen molar-refractivity contribution in [3.63, 3.8) is 0 Å². The van der Waals surface area contributed by atoms with E-state index in [0.717, 1.165) is 12.8 Å². The number of carbonyl (C=O) groups is 1. The van der Waals surface area contributed by atoms with Gasteiger partial charge in [0, 0.05) is 6.54 Å². The standard InChI is InChI=1S/C7H8N2O/c8-3-5-4-9-7(1-2-7)6(5)10/h5,9H,1-2,4H2. The molecule has 0 aromatic rings. The number of carbonyl (C=O) groups excluding carboxylic acids is 1. The summed E-state index contributed by atoms with van der Waals surface area (Å²) in [4.78, 5) is 11.2. The van der Waals surface area contributed by atoms with E-state index in [-0.39, 0.29) is 17.2 Å². The molecule has 2 aliphatic rings. The lowest BCUT2D eigenvalue weighted by Gasteiger charge is -2.00. The molecule has 2 rings (SSSR count). The third kappa shape index (κ3) is 0.545.